The molecule has 2 aromatic carbocycles. The van der Waals surface area contributed by atoms with E-state index in [0.717, 1.165) is 5.56 Å². The van der Waals surface area contributed by atoms with E-state index in [2.05, 4.69) is 16.6 Å². The number of hydrogen-bond acceptors (Lipinski definition) is 4. The maximum Gasteiger partial charge on any atom is 0.319 e. The van der Waals surface area contributed by atoms with Gasteiger partial charge in [-0.05, 0) is 60.2 Å². The van der Waals surface area contributed by atoms with Crippen molar-refractivity contribution in [3.05, 3.63) is 81.4 Å². The summed E-state index contributed by atoms with van der Waals surface area (Å²) in [5.74, 6) is 2.25. The molecule has 1 aliphatic carbocycles. The number of carbonyl (C=O) groups excluding carboxylic acids is 3. The van der Waals surface area contributed by atoms with E-state index in [-0.39, 0.29) is 36.3 Å². The first-order valence-corrected chi connectivity index (χ1v) is 15.5. The molecule has 2 N–H and O–H groups in total. The Morgan fingerprint density at radius 1 is 1.11 bits per heavy atom. The first-order valence-electron chi connectivity index (χ1n) is 14.8. The van der Waals surface area contributed by atoms with Gasteiger partial charge in [0.15, 0.2) is 0 Å². The Bertz CT molecular complexity index is 1620. The Labute approximate surface area is 267 Å². The van der Waals surface area contributed by atoms with Crippen LogP contribution in [0, 0.1) is 24.2 Å². The largest absolute Gasteiger partial charge is 0.490 e. The fraction of sp³-hybridized carbons (Fsp3) is 0.382. The van der Waals surface area contributed by atoms with Crippen LogP contribution in [0.5, 0.6) is 5.75 Å². The Balaban J connectivity index is 1.45. The van der Waals surface area contributed by atoms with Gasteiger partial charge in [0, 0.05) is 73.3 Å². The predicted molar refractivity (Wildman–Crippen MR) is 171 cm³/mol. The van der Waals surface area contributed by atoms with E-state index >= 15 is 0 Å². The highest BCUT2D eigenvalue weighted by molar-refractivity contribution is 6.31. The number of likely N-dealkylation sites (tertiary alicyclic amines) is 1. The number of nitrogens with zero attached hydrogens (tertiary/aromatic N) is 2. The molecule has 3 heterocycles. The van der Waals surface area contributed by atoms with Crippen LogP contribution in [0.4, 0.5) is 10.5 Å². The number of carbonyl (C=O) groups is 3. The molecule has 0 bridgehead atoms. The molecule has 4 aliphatic rings. The summed E-state index contributed by atoms with van der Waals surface area (Å²) >= 11 is 12.9. The first kappa shape index (κ1) is 30.1. The number of terminal acetylenes is 1. The van der Waals surface area contributed by atoms with E-state index in [1.807, 2.05) is 41.3 Å². The third kappa shape index (κ3) is 5.22. The predicted octanol–water partition coefficient (Wildman–Crippen LogP) is 5.61. The number of allylic oxidation sites excluding steroid dienone is 4. The SMILES string of the molecule is C#Cc1ccc(OC2CCN(C(=O)N(C)C)CC2)c(C2NC(=O)C[C@@H](C3C=CC=C(Cl)C3)[C@]23C(=O)Nc2cc(Cl)ccc23)c1. The normalized spacial score (nSPS) is 26.4. The van der Waals surface area contributed by atoms with E-state index in [1.54, 1.807) is 37.2 Å². The quantitative estimate of drug-likeness (QED) is 0.429. The molecule has 4 amide bonds. The molecule has 2 fully saturated rings. The van der Waals surface area contributed by atoms with Crippen LogP contribution in [0.25, 0.3) is 0 Å². The molecule has 0 radical (unpaired) electrons. The number of benzene rings is 2. The lowest BCUT2D eigenvalue weighted by atomic mass is 9.57. The molecular formula is C34H34Cl2N4O4. The molecule has 6 rings (SSSR count). The number of anilines is 1. The molecule has 1 spiro atoms. The van der Waals surface area contributed by atoms with Gasteiger partial charge in [-0.1, -0.05) is 47.3 Å². The minimum absolute atomic E-state index is 0.0295. The van der Waals surface area contributed by atoms with Crippen molar-refractivity contribution >= 4 is 46.7 Å². The smallest absolute Gasteiger partial charge is 0.319 e. The minimum atomic E-state index is -1.20. The monoisotopic (exact) mass is 632 g/mol. The Morgan fingerprint density at radius 2 is 1.89 bits per heavy atom. The summed E-state index contributed by atoms with van der Waals surface area (Å²) in [7, 11) is 3.48. The van der Waals surface area contributed by atoms with Crippen molar-refractivity contribution in [1.29, 1.82) is 0 Å². The van der Waals surface area contributed by atoms with E-state index in [9.17, 15) is 14.4 Å². The Kier molecular flexibility index (Phi) is 8.12. The molecule has 228 valence electrons. The lowest BCUT2D eigenvalue weighted by Gasteiger charge is -2.49. The zero-order valence-corrected chi connectivity index (χ0v) is 26.1. The van der Waals surface area contributed by atoms with Crippen LogP contribution in [-0.2, 0) is 15.0 Å². The van der Waals surface area contributed by atoms with Gasteiger partial charge in [-0.2, -0.15) is 0 Å². The molecule has 44 heavy (non-hydrogen) atoms. The van der Waals surface area contributed by atoms with Crippen molar-refractivity contribution in [1.82, 2.24) is 15.1 Å². The van der Waals surface area contributed by atoms with Gasteiger partial charge in [-0.3, -0.25) is 9.59 Å². The van der Waals surface area contributed by atoms with Crippen molar-refractivity contribution in [3.8, 4) is 18.1 Å². The number of ether oxygens (including phenoxy) is 1. The van der Waals surface area contributed by atoms with Crippen molar-refractivity contribution in [2.75, 3.05) is 32.5 Å². The average molecular weight is 634 g/mol. The summed E-state index contributed by atoms with van der Waals surface area (Å²) in [6.07, 6.45) is 13.4. The average Bonchev–Trinajstić information content (AvgIpc) is 3.29. The molecule has 2 unspecified atom stereocenters. The fourth-order valence-corrected chi connectivity index (χ4v) is 7.67. The summed E-state index contributed by atoms with van der Waals surface area (Å²) in [5.41, 5.74) is 1.40. The number of nitrogens with one attached hydrogen (secondary N) is 2. The number of rotatable bonds is 4. The van der Waals surface area contributed by atoms with Gasteiger partial charge in [-0.25, -0.2) is 4.79 Å². The minimum Gasteiger partial charge on any atom is -0.490 e. The summed E-state index contributed by atoms with van der Waals surface area (Å²) in [6, 6.07) is 10.0. The summed E-state index contributed by atoms with van der Waals surface area (Å²) in [4.78, 5) is 43.9. The molecule has 8 nitrogen and oxygen atoms in total. The molecular weight excluding hydrogens is 599 g/mol. The van der Waals surface area contributed by atoms with Gasteiger partial charge in [0.25, 0.3) is 0 Å². The Hall–Kier alpha value is -3.93. The summed E-state index contributed by atoms with van der Waals surface area (Å²) in [5, 5.41) is 7.43. The van der Waals surface area contributed by atoms with Crippen LogP contribution in [0.1, 0.15) is 48.4 Å². The second-order valence-corrected chi connectivity index (χ2v) is 13.0. The van der Waals surface area contributed by atoms with Crippen molar-refractivity contribution < 1.29 is 19.1 Å². The van der Waals surface area contributed by atoms with Crippen molar-refractivity contribution in [2.24, 2.45) is 11.8 Å². The standard InChI is InChI=1S/C34H34Cl2N4O4/c1-4-20-8-11-29(44-24-12-14-40(15-13-24)33(43)39(2)3)25(16-20)31-34(26-10-9-23(36)18-28(26)37-32(34)42)27(19-30(41)38-31)21-6-5-7-22(35)17-21/h1,5-11,16,18,21,24,27,31H,12-15,17,19H2,2-3H3,(H,37,42)(H,38,41)/t21?,27-,31?,34-/m0/s1. The van der Waals surface area contributed by atoms with Crippen LogP contribution in [0.2, 0.25) is 5.02 Å². The highest BCUT2D eigenvalue weighted by Gasteiger charge is 2.62. The maximum absolute atomic E-state index is 14.5. The van der Waals surface area contributed by atoms with Gasteiger partial charge in [0.05, 0.1) is 6.04 Å². The molecule has 4 atom stereocenters. The topological polar surface area (TPSA) is 91.0 Å². The van der Waals surface area contributed by atoms with E-state index in [1.165, 1.54) is 0 Å². The van der Waals surface area contributed by atoms with E-state index in [4.69, 9.17) is 34.4 Å². The number of amides is 4. The highest BCUT2D eigenvalue weighted by atomic mass is 35.5. The van der Waals surface area contributed by atoms with Crippen molar-refractivity contribution in [2.45, 2.75) is 43.2 Å². The number of urea groups is 1. The number of halogens is 2. The number of piperidine rings is 2. The van der Waals surface area contributed by atoms with E-state index in [0.29, 0.717) is 65.0 Å². The molecule has 0 saturated carbocycles. The lowest BCUT2D eigenvalue weighted by Crippen LogP contribution is -2.59. The van der Waals surface area contributed by atoms with Gasteiger partial charge in [0.1, 0.15) is 17.3 Å². The van der Waals surface area contributed by atoms with Crippen LogP contribution < -0.4 is 15.4 Å². The van der Waals surface area contributed by atoms with Gasteiger partial charge in [-0.15, -0.1) is 6.42 Å². The number of fused-ring (bicyclic) bond motifs is 2. The van der Waals surface area contributed by atoms with Gasteiger partial charge in [0.2, 0.25) is 11.8 Å². The summed E-state index contributed by atoms with van der Waals surface area (Å²) < 4.78 is 6.64. The fourth-order valence-electron chi connectivity index (χ4n) is 7.24. The third-order valence-corrected chi connectivity index (χ3v) is 9.78. The van der Waals surface area contributed by atoms with Gasteiger partial charge >= 0.3 is 6.03 Å². The van der Waals surface area contributed by atoms with Crippen LogP contribution in [-0.4, -0.2) is 60.9 Å². The van der Waals surface area contributed by atoms with Crippen LogP contribution in [0.3, 0.4) is 0 Å². The maximum atomic E-state index is 14.5. The van der Waals surface area contributed by atoms with Crippen LogP contribution >= 0.6 is 23.2 Å². The van der Waals surface area contributed by atoms with Crippen molar-refractivity contribution in [3.63, 3.8) is 0 Å². The molecule has 3 aliphatic heterocycles. The third-order valence-electron chi connectivity index (χ3n) is 9.26. The summed E-state index contributed by atoms with van der Waals surface area (Å²) in [6.45, 7) is 1.12. The van der Waals surface area contributed by atoms with E-state index < -0.39 is 17.4 Å². The first-order chi connectivity index (χ1) is 21.1. The number of hydrogen-bond donors (Lipinski definition) is 2. The lowest BCUT2D eigenvalue weighted by molar-refractivity contribution is -0.135. The molecule has 2 saturated heterocycles. The zero-order chi connectivity index (χ0) is 31.2. The highest BCUT2D eigenvalue weighted by Crippen LogP contribution is 2.58. The van der Waals surface area contributed by atoms with Gasteiger partial charge < -0.3 is 25.2 Å². The Morgan fingerprint density at radius 3 is 2.59 bits per heavy atom. The second-order valence-electron chi connectivity index (χ2n) is 12.1. The molecule has 10 heteroatoms. The molecule has 2 aromatic rings. The second kappa shape index (κ2) is 11.9. The molecule has 0 aromatic heterocycles. The van der Waals surface area contributed by atoms with Crippen LogP contribution in [0.15, 0.2) is 59.7 Å². The zero-order valence-electron chi connectivity index (χ0n) is 24.6.